The highest BCUT2D eigenvalue weighted by atomic mass is 16.5. The van der Waals surface area contributed by atoms with Gasteiger partial charge in [-0.25, -0.2) is 9.59 Å². The standard InChI is InChI=1S/C13H23NO5/c1-2-3-6-19-13(17)14-11(12(15)16)9-10-4-7-18-8-5-10/h10-11H,2-9H2,1H3,(H,14,17)(H,15,16). The molecule has 0 spiro atoms. The average molecular weight is 273 g/mol. The van der Waals surface area contributed by atoms with Gasteiger partial charge in [0, 0.05) is 13.2 Å². The van der Waals surface area contributed by atoms with Crippen molar-refractivity contribution >= 4 is 12.1 Å². The molecular weight excluding hydrogens is 250 g/mol. The topological polar surface area (TPSA) is 84.9 Å². The van der Waals surface area contributed by atoms with Crippen LogP contribution in [0.1, 0.15) is 39.0 Å². The quantitative estimate of drug-likeness (QED) is 0.691. The Labute approximate surface area is 113 Å². The first-order valence-corrected chi connectivity index (χ1v) is 6.87. The van der Waals surface area contributed by atoms with Gasteiger partial charge in [-0.05, 0) is 31.6 Å². The number of aliphatic carboxylic acids is 1. The summed E-state index contributed by atoms with van der Waals surface area (Å²) in [6.45, 7) is 3.65. The summed E-state index contributed by atoms with van der Waals surface area (Å²) in [7, 11) is 0. The van der Waals surface area contributed by atoms with Crippen molar-refractivity contribution in [3.63, 3.8) is 0 Å². The number of carbonyl (C=O) groups is 2. The van der Waals surface area contributed by atoms with E-state index in [2.05, 4.69) is 5.32 Å². The first kappa shape index (κ1) is 15.8. The second-order valence-corrected chi connectivity index (χ2v) is 4.82. The minimum absolute atomic E-state index is 0.283. The van der Waals surface area contributed by atoms with Gasteiger partial charge in [0.05, 0.1) is 6.61 Å². The van der Waals surface area contributed by atoms with Crippen molar-refractivity contribution in [3.05, 3.63) is 0 Å². The molecule has 1 aliphatic heterocycles. The molecule has 19 heavy (non-hydrogen) atoms. The van der Waals surface area contributed by atoms with Crippen molar-refractivity contribution in [2.24, 2.45) is 5.92 Å². The van der Waals surface area contributed by atoms with Crippen molar-refractivity contribution in [1.82, 2.24) is 5.32 Å². The molecule has 1 unspecified atom stereocenters. The van der Waals surface area contributed by atoms with Crippen LogP contribution < -0.4 is 5.32 Å². The number of unbranched alkanes of at least 4 members (excludes halogenated alkanes) is 1. The number of hydrogen-bond donors (Lipinski definition) is 2. The van der Waals surface area contributed by atoms with Crippen molar-refractivity contribution < 1.29 is 24.2 Å². The van der Waals surface area contributed by atoms with Gasteiger partial charge in [-0.2, -0.15) is 0 Å². The van der Waals surface area contributed by atoms with E-state index in [1.807, 2.05) is 6.92 Å². The van der Waals surface area contributed by atoms with Gasteiger partial charge in [0.25, 0.3) is 0 Å². The molecule has 0 aliphatic carbocycles. The molecule has 1 aliphatic rings. The van der Waals surface area contributed by atoms with E-state index >= 15 is 0 Å². The molecule has 0 radical (unpaired) electrons. The maximum atomic E-state index is 11.5. The summed E-state index contributed by atoms with van der Waals surface area (Å²) in [4.78, 5) is 22.6. The van der Waals surface area contributed by atoms with Gasteiger partial charge in [-0.1, -0.05) is 13.3 Å². The van der Waals surface area contributed by atoms with E-state index in [9.17, 15) is 9.59 Å². The monoisotopic (exact) mass is 273 g/mol. The zero-order valence-electron chi connectivity index (χ0n) is 11.4. The van der Waals surface area contributed by atoms with Crippen molar-refractivity contribution in [3.8, 4) is 0 Å². The van der Waals surface area contributed by atoms with E-state index in [0.717, 1.165) is 25.7 Å². The van der Waals surface area contributed by atoms with Gasteiger partial charge in [0.15, 0.2) is 0 Å². The summed E-state index contributed by atoms with van der Waals surface area (Å²) < 4.78 is 10.1. The Hall–Kier alpha value is -1.30. The van der Waals surface area contributed by atoms with E-state index in [1.54, 1.807) is 0 Å². The molecule has 6 nitrogen and oxygen atoms in total. The van der Waals surface area contributed by atoms with Gasteiger partial charge < -0.3 is 19.9 Å². The second-order valence-electron chi connectivity index (χ2n) is 4.82. The molecule has 0 aromatic heterocycles. The van der Waals surface area contributed by atoms with Crippen molar-refractivity contribution in [2.75, 3.05) is 19.8 Å². The lowest BCUT2D eigenvalue weighted by molar-refractivity contribution is -0.140. The third kappa shape index (κ3) is 6.42. The minimum Gasteiger partial charge on any atom is -0.480 e. The molecule has 2 N–H and O–H groups in total. The molecule has 6 heteroatoms. The number of carbonyl (C=O) groups excluding carboxylic acids is 1. The van der Waals surface area contributed by atoms with Crippen molar-refractivity contribution in [2.45, 2.75) is 45.1 Å². The molecule has 110 valence electrons. The van der Waals surface area contributed by atoms with Crippen LogP contribution >= 0.6 is 0 Å². The molecule has 0 aromatic rings. The Kier molecular flexibility index (Phi) is 7.25. The number of carboxylic acid groups (broad SMARTS) is 1. The number of hydrogen-bond acceptors (Lipinski definition) is 4. The molecule has 0 bridgehead atoms. The third-order valence-corrected chi connectivity index (χ3v) is 3.23. The van der Waals surface area contributed by atoms with Gasteiger partial charge >= 0.3 is 12.1 Å². The van der Waals surface area contributed by atoms with Crippen LogP contribution in [0.5, 0.6) is 0 Å². The molecule has 1 fully saturated rings. The SMILES string of the molecule is CCCCOC(=O)NC(CC1CCOCC1)C(=O)O. The van der Waals surface area contributed by atoms with Crippen LogP contribution in [0.4, 0.5) is 4.79 Å². The number of rotatable bonds is 7. The summed E-state index contributed by atoms with van der Waals surface area (Å²) in [5.41, 5.74) is 0. The van der Waals surface area contributed by atoms with Crippen LogP contribution in [0.2, 0.25) is 0 Å². The Morgan fingerprint density at radius 1 is 1.42 bits per heavy atom. The highest BCUT2D eigenvalue weighted by Gasteiger charge is 2.26. The van der Waals surface area contributed by atoms with E-state index in [4.69, 9.17) is 14.6 Å². The predicted molar refractivity (Wildman–Crippen MR) is 69.0 cm³/mol. The first-order chi connectivity index (χ1) is 9.13. The molecule has 0 saturated carbocycles. The van der Waals surface area contributed by atoms with Gasteiger partial charge in [-0.3, -0.25) is 0 Å². The fraction of sp³-hybridized carbons (Fsp3) is 0.846. The summed E-state index contributed by atoms with van der Waals surface area (Å²) in [5, 5.41) is 11.5. The summed E-state index contributed by atoms with van der Waals surface area (Å²) in [6, 6.07) is -0.878. The average Bonchev–Trinajstić information content (AvgIpc) is 2.39. The Balaban J connectivity index is 2.34. The summed E-state index contributed by atoms with van der Waals surface area (Å²) in [5.74, 6) is -0.732. The lowest BCUT2D eigenvalue weighted by atomic mass is 9.92. The van der Waals surface area contributed by atoms with Crippen LogP contribution in [-0.2, 0) is 14.3 Å². The van der Waals surface area contributed by atoms with Crippen LogP contribution in [0.3, 0.4) is 0 Å². The Morgan fingerprint density at radius 2 is 2.11 bits per heavy atom. The van der Waals surface area contributed by atoms with Crippen LogP contribution in [0.15, 0.2) is 0 Å². The molecule has 0 aromatic carbocycles. The van der Waals surface area contributed by atoms with E-state index in [-0.39, 0.29) is 5.92 Å². The largest absolute Gasteiger partial charge is 0.480 e. The van der Waals surface area contributed by atoms with Crippen LogP contribution in [-0.4, -0.2) is 43.0 Å². The van der Waals surface area contributed by atoms with Crippen molar-refractivity contribution in [1.29, 1.82) is 0 Å². The molecule has 1 heterocycles. The predicted octanol–water partition coefficient (Wildman–Crippen LogP) is 1.78. The maximum absolute atomic E-state index is 11.5. The minimum atomic E-state index is -1.01. The lowest BCUT2D eigenvalue weighted by Crippen LogP contribution is -2.43. The smallest absolute Gasteiger partial charge is 0.407 e. The zero-order valence-corrected chi connectivity index (χ0v) is 11.4. The van der Waals surface area contributed by atoms with Gasteiger partial charge in [0.2, 0.25) is 0 Å². The Morgan fingerprint density at radius 3 is 2.68 bits per heavy atom. The molecule has 1 rings (SSSR count). The molecule has 1 atom stereocenters. The number of ether oxygens (including phenoxy) is 2. The zero-order chi connectivity index (χ0) is 14.1. The molecular formula is C13H23NO5. The highest BCUT2D eigenvalue weighted by molar-refractivity contribution is 5.79. The Bertz CT molecular complexity index is 289. The lowest BCUT2D eigenvalue weighted by Gasteiger charge is -2.25. The maximum Gasteiger partial charge on any atom is 0.407 e. The number of carboxylic acids is 1. The van der Waals surface area contributed by atoms with Gasteiger partial charge in [0.1, 0.15) is 6.04 Å². The number of alkyl carbamates (subject to hydrolysis) is 1. The summed E-state index contributed by atoms with van der Waals surface area (Å²) >= 11 is 0. The van der Waals surface area contributed by atoms with E-state index < -0.39 is 18.1 Å². The number of nitrogens with one attached hydrogen (secondary N) is 1. The first-order valence-electron chi connectivity index (χ1n) is 6.87. The molecule has 1 saturated heterocycles. The van der Waals surface area contributed by atoms with Crippen LogP contribution in [0.25, 0.3) is 0 Å². The normalized spacial score (nSPS) is 17.7. The van der Waals surface area contributed by atoms with E-state index in [0.29, 0.717) is 26.2 Å². The van der Waals surface area contributed by atoms with Crippen LogP contribution in [0, 0.1) is 5.92 Å². The second kappa shape index (κ2) is 8.74. The van der Waals surface area contributed by atoms with Gasteiger partial charge in [-0.15, -0.1) is 0 Å². The summed E-state index contributed by atoms with van der Waals surface area (Å²) in [6.07, 6.45) is 3.18. The molecule has 1 amide bonds. The highest BCUT2D eigenvalue weighted by Crippen LogP contribution is 2.20. The fourth-order valence-electron chi connectivity index (χ4n) is 2.03. The number of amides is 1. The fourth-order valence-corrected chi connectivity index (χ4v) is 2.03. The third-order valence-electron chi connectivity index (χ3n) is 3.23. The van der Waals surface area contributed by atoms with E-state index in [1.165, 1.54) is 0 Å².